The fraction of sp³-hybridized carbons (Fsp3) is 0.500. The van der Waals surface area contributed by atoms with E-state index in [1.807, 2.05) is 0 Å². The lowest BCUT2D eigenvalue weighted by molar-refractivity contribution is -0.141. The van der Waals surface area contributed by atoms with Crippen molar-refractivity contribution in [2.45, 2.75) is 37.8 Å². The number of rotatable bonds is 6. The van der Waals surface area contributed by atoms with Gasteiger partial charge in [0.1, 0.15) is 6.54 Å². The molecule has 0 radical (unpaired) electrons. The Labute approximate surface area is 125 Å². The van der Waals surface area contributed by atoms with Crippen molar-refractivity contribution in [3.05, 3.63) is 29.8 Å². The standard InChI is InChI=1S/C14H22N2O4S/c1-10(2)16(9-14(17)20-4)21(18,19)13-7-5-6-12(8-13)11(3)15/h5-8,10-11H,9,15H2,1-4H3. The monoisotopic (exact) mass is 314 g/mol. The average Bonchev–Trinajstić information content (AvgIpc) is 2.43. The van der Waals surface area contributed by atoms with Crippen LogP contribution in [-0.2, 0) is 19.6 Å². The smallest absolute Gasteiger partial charge is 0.321 e. The zero-order chi connectivity index (χ0) is 16.2. The molecule has 0 aliphatic heterocycles. The first-order valence-electron chi connectivity index (χ1n) is 6.64. The summed E-state index contributed by atoms with van der Waals surface area (Å²) in [5.41, 5.74) is 6.50. The summed E-state index contributed by atoms with van der Waals surface area (Å²) in [4.78, 5) is 11.6. The fourth-order valence-electron chi connectivity index (χ4n) is 1.83. The van der Waals surface area contributed by atoms with Crippen LogP contribution in [-0.4, -0.2) is 38.4 Å². The Balaban J connectivity index is 3.23. The van der Waals surface area contributed by atoms with Gasteiger partial charge in [0.15, 0.2) is 0 Å². The zero-order valence-corrected chi connectivity index (χ0v) is 13.6. The number of esters is 1. The molecule has 2 N–H and O–H groups in total. The summed E-state index contributed by atoms with van der Waals surface area (Å²) in [6.45, 7) is 4.87. The lowest BCUT2D eigenvalue weighted by atomic mass is 10.1. The first kappa shape index (κ1) is 17.6. The van der Waals surface area contributed by atoms with E-state index in [-0.39, 0.29) is 23.5 Å². The van der Waals surface area contributed by atoms with Crippen LogP contribution in [0.4, 0.5) is 0 Å². The SMILES string of the molecule is COC(=O)CN(C(C)C)S(=O)(=O)c1cccc(C(C)N)c1. The topological polar surface area (TPSA) is 89.7 Å². The summed E-state index contributed by atoms with van der Waals surface area (Å²) in [6, 6.07) is 5.80. The molecule has 0 bridgehead atoms. The maximum atomic E-state index is 12.7. The number of carbonyl (C=O) groups excluding carboxylic acids is 1. The van der Waals surface area contributed by atoms with E-state index in [9.17, 15) is 13.2 Å². The van der Waals surface area contributed by atoms with E-state index < -0.39 is 16.0 Å². The van der Waals surface area contributed by atoms with Gasteiger partial charge in [-0.25, -0.2) is 8.42 Å². The number of methoxy groups -OCH3 is 1. The van der Waals surface area contributed by atoms with Crippen LogP contribution in [0.25, 0.3) is 0 Å². The molecule has 6 nitrogen and oxygen atoms in total. The van der Waals surface area contributed by atoms with Crippen molar-refractivity contribution in [1.82, 2.24) is 4.31 Å². The molecule has 0 fully saturated rings. The predicted molar refractivity (Wildman–Crippen MR) is 80.1 cm³/mol. The molecule has 1 aromatic carbocycles. The average molecular weight is 314 g/mol. The van der Waals surface area contributed by atoms with Gasteiger partial charge in [0.25, 0.3) is 0 Å². The highest BCUT2D eigenvalue weighted by atomic mass is 32.2. The van der Waals surface area contributed by atoms with Gasteiger partial charge in [-0.1, -0.05) is 12.1 Å². The van der Waals surface area contributed by atoms with Crippen LogP contribution >= 0.6 is 0 Å². The van der Waals surface area contributed by atoms with Crippen LogP contribution in [0.3, 0.4) is 0 Å². The van der Waals surface area contributed by atoms with Crippen molar-refractivity contribution >= 4 is 16.0 Å². The van der Waals surface area contributed by atoms with E-state index in [1.54, 1.807) is 32.9 Å². The molecule has 1 aromatic rings. The quantitative estimate of drug-likeness (QED) is 0.799. The molecule has 0 saturated carbocycles. The maximum Gasteiger partial charge on any atom is 0.321 e. The molecule has 0 amide bonds. The maximum absolute atomic E-state index is 12.7. The Kier molecular flexibility index (Phi) is 5.88. The van der Waals surface area contributed by atoms with E-state index >= 15 is 0 Å². The van der Waals surface area contributed by atoms with Crippen LogP contribution in [0, 0.1) is 0 Å². The molecular formula is C14H22N2O4S. The van der Waals surface area contributed by atoms with Crippen molar-refractivity contribution in [2.75, 3.05) is 13.7 Å². The van der Waals surface area contributed by atoms with E-state index in [0.29, 0.717) is 0 Å². The van der Waals surface area contributed by atoms with Crippen LogP contribution in [0.15, 0.2) is 29.2 Å². The number of hydrogen-bond acceptors (Lipinski definition) is 5. The van der Waals surface area contributed by atoms with Crippen LogP contribution < -0.4 is 5.73 Å². The van der Waals surface area contributed by atoms with E-state index in [0.717, 1.165) is 9.87 Å². The lowest BCUT2D eigenvalue weighted by Crippen LogP contribution is -2.41. The first-order chi connectivity index (χ1) is 9.70. The fourth-order valence-corrected chi connectivity index (χ4v) is 3.47. The summed E-state index contributed by atoms with van der Waals surface area (Å²) in [5, 5.41) is 0. The van der Waals surface area contributed by atoms with Crippen molar-refractivity contribution in [2.24, 2.45) is 5.73 Å². The third-order valence-electron chi connectivity index (χ3n) is 3.08. The van der Waals surface area contributed by atoms with Gasteiger partial charge in [-0.3, -0.25) is 4.79 Å². The van der Waals surface area contributed by atoms with Gasteiger partial charge in [0.2, 0.25) is 10.0 Å². The molecule has 0 aliphatic rings. The van der Waals surface area contributed by atoms with Gasteiger partial charge in [-0.2, -0.15) is 4.31 Å². The van der Waals surface area contributed by atoms with E-state index in [1.165, 1.54) is 19.2 Å². The zero-order valence-electron chi connectivity index (χ0n) is 12.7. The third kappa shape index (κ3) is 4.26. The second kappa shape index (κ2) is 7.02. The lowest BCUT2D eigenvalue weighted by Gasteiger charge is -2.25. The Hall–Kier alpha value is -1.44. The summed E-state index contributed by atoms with van der Waals surface area (Å²) in [5.74, 6) is -0.601. The number of nitrogens with zero attached hydrogens (tertiary/aromatic N) is 1. The molecule has 1 atom stereocenters. The highest BCUT2D eigenvalue weighted by molar-refractivity contribution is 7.89. The minimum absolute atomic E-state index is 0.120. The number of nitrogens with two attached hydrogens (primary N) is 1. The minimum atomic E-state index is -3.78. The number of sulfonamides is 1. The van der Waals surface area contributed by atoms with Crippen molar-refractivity contribution < 1.29 is 17.9 Å². The molecule has 0 heterocycles. The van der Waals surface area contributed by atoms with Crippen LogP contribution in [0.5, 0.6) is 0 Å². The number of benzene rings is 1. The van der Waals surface area contributed by atoms with Gasteiger partial charge in [0.05, 0.1) is 12.0 Å². The predicted octanol–water partition coefficient (Wildman–Crippen LogP) is 1.28. The van der Waals surface area contributed by atoms with Crippen LogP contribution in [0.2, 0.25) is 0 Å². The molecule has 0 saturated heterocycles. The van der Waals surface area contributed by atoms with Gasteiger partial charge >= 0.3 is 5.97 Å². The largest absolute Gasteiger partial charge is 0.468 e. The molecule has 1 unspecified atom stereocenters. The second-order valence-electron chi connectivity index (χ2n) is 5.08. The Morgan fingerprint density at radius 2 is 1.95 bits per heavy atom. The molecular weight excluding hydrogens is 292 g/mol. The minimum Gasteiger partial charge on any atom is -0.468 e. The highest BCUT2D eigenvalue weighted by Crippen LogP contribution is 2.21. The highest BCUT2D eigenvalue weighted by Gasteiger charge is 2.29. The molecule has 0 spiro atoms. The summed E-state index contributed by atoms with van der Waals surface area (Å²) >= 11 is 0. The molecule has 21 heavy (non-hydrogen) atoms. The van der Waals surface area contributed by atoms with E-state index in [2.05, 4.69) is 4.74 Å². The van der Waals surface area contributed by atoms with Crippen molar-refractivity contribution in [3.8, 4) is 0 Å². The second-order valence-corrected chi connectivity index (χ2v) is 6.97. The molecule has 7 heteroatoms. The van der Waals surface area contributed by atoms with Gasteiger partial charge < -0.3 is 10.5 Å². The number of carbonyl (C=O) groups is 1. The normalized spacial score (nSPS) is 13.5. The molecule has 1 rings (SSSR count). The van der Waals surface area contributed by atoms with Crippen LogP contribution in [0.1, 0.15) is 32.4 Å². The Morgan fingerprint density at radius 1 is 1.33 bits per heavy atom. The van der Waals surface area contributed by atoms with Gasteiger partial charge in [-0.15, -0.1) is 0 Å². The van der Waals surface area contributed by atoms with Crippen molar-refractivity contribution in [3.63, 3.8) is 0 Å². The summed E-state index contributed by atoms with van der Waals surface area (Å²) in [6.07, 6.45) is 0. The Morgan fingerprint density at radius 3 is 2.43 bits per heavy atom. The van der Waals surface area contributed by atoms with Gasteiger partial charge in [0, 0.05) is 12.1 Å². The summed E-state index contributed by atoms with van der Waals surface area (Å²) in [7, 11) is -2.56. The molecule has 0 aliphatic carbocycles. The first-order valence-corrected chi connectivity index (χ1v) is 8.08. The number of hydrogen-bond donors (Lipinski definition) is 1. The third-order valence-corrected chi connectivity index (χ3v) is 5.10. The molecule has 118 valence electrons. The van der Waals surface area contributed by atoms with E-state index in [4.69, 9.17) is 5.73 Å². The van der Waals surface area contributed by atoms with Crippen molar-refractivity contribution in [1.29, 1.82) is 0 Å². The Bertz CT molecular complexity index is 597. The molecule has 0 aromatic heterocycles. The summed E-state index contributed by atoms with van der Waals surface area (Å²) < 4.78 is 31.0. The number of ether oxygens (including phenoxy) is 1. The van der Waals surface area contributed by atoms with Gasteiger partial charge in [-0.05, 0) is 38.5 Å².